The highest BCUT2D eigenvalue weighted by atomic mass is 16.1. The van der Waals surface area contributed by atoms with Gasteiger partial charge in [0.2, 0.25) is 0 Å². The lowest BCUT2D eigenvalue weighted by Crippen LogP contribution is -2.33. The van der Waals surface area contributed by atoms with Gasteiger partial charge in [-0.05, 0) is 36.3 Å². The predicted molar refractivity (Wildman–Crippen MR) is 70.4 cm³/mol. The number of nitrogens with two attached hydrogens (primary N) is 1. The third kappa shape index (κ3) is 2.27. The molecule has 2 heteroatoms. The fourth-order valence-electron chi connectivity index (χ4n) is 2.01. The second-order valence-corrected chi connectivity index (χ2v) is 6.26. The van der Waals surface area contributed by atoms with E-state index in [1.165, 1.54) is 5.56 Å². The third-order valence-corrected chi connectivity index (χ3v) is 3.58. The second-order valence-electron chi connectivity index (χ2n) is 6.26. The zero-order valence-corrected chi connectivity index (χ0v) is 11.1. The van der Waals surface area contributed by atoms with E-state index in [-0.39, 0.29) is 11.2 Å². The number of ketones is 1. The molecule has 0 amide bonds. The fourth-order valence-corrected chi connectivity index (χ4v) is 2.01. The lowest BCUT2D eigenvalue weighted by Gasteiger charge is -2.21. The number of rotatable bonds is 2. The lowest BCUT2D eigenvalue weighted by atomic mass is 9.84. The molecular formula is C15H21NO. The summed E-state index contributed by atoms with van der Waals surface area (Å²) < 4.78 is 0. The van der Waals surface area contributed by atoms with Gasteiger partial charge < -0.3 is 5.73 Å². The van der Waals surface area contributed by atoms with Gasteiger partial charge in [0.25, 0.3) is 0 Å². The standard InChI is InChI=1S/C15H21NO/c1-10-9-11(14(2,3)4)5-6-12(10)13(17)15(16)7-8-15/h5-6,9H,7-8,16H2,1-4H3. The van der Waals surface area contributed by atoms with Crippen LogP contribution < -0.4 is 5.73 Å². The summed E-state index contributed by atoms with van der Waals surface area (Å²) in [6.07, 6.45) is 1.65. The van der Waals surface area contributed by atoms with Crippen molar-refractivity contribution in [2.75, 3.05) is 0 Å². The smallest absolute Gasteiger partial charge is 0.182 e. The van der Waals surface area contributed by atoms with Gasteiger partial charge in [0.05, 0.1) is 5.54 Å². The van der Waals surface area contributed by atoms with Crippen LogP contribution in [0, 0.1) is 6.92 Å². The van der Waals surface area contributed by atoms with E-state index in [1.54, 1.807) is 0 Å². The minimum atomic E-state index is -0.561. The summed E-state index contributed by atoms with van der Waals surface area (Å²) >= 11 is 0. The number of carbonyl (C=O) groups is 1. The van der Waals surface area contributed by atoms with Crippen LogP contribution >= 0.6 is 0 Å². The van der Waals surface area contributed by atoms with Crippen LogP contribution in [0.25, 0.3) is 0 Å². The minimum absolute atomic E-state index is 0.107. The van der Waals surface area contributed by atoms with E-state index in [0.717, 1.165) is 24.0 Å². The molecule has 0 radical (unpaired) electrons. The molecule has 1 aromatic rings. The van der Waals surface area contributed by atoms with Crippen LogP contribution in [0.1, 0.15) is 55.1 Å². The van der Waals surface area contributed by atoms with Crippen LogP contribution in [0.4, 0.5) is 0 Å². The Hall–Kier alpha value is -1.15. The first-order valence-corrected chi connectivity index (χ1v) is 6.19. The minimum Gasteiger partial charge on any atom is -0.319 e. The lowest BCUT2D eigenvalue weighted by molar-refractivity contribution is 0.0948. The number of benzene rings is 1. The summed E-state index contributed by atoms with van der Waals surface area (Å²) in [5.41, 5.74) is 8.61. The summed E-state index contributed by atoms with van der Waals surface area (Å²) in [5.74, 6) is 0.107. The Bertz CT molecular complexity index is 464. The Morgan fingerprint density at radius 3 is 2.29 bits per heavy atom. The molecule has 1 aliphatic carbocycles. The number of carbonyl (C=O) groups excluding carboxylic acids is 1. The van der Waals surface area contributed by atoms with Crippen molar-refractivity contribution in [1.82, 2.24) is 0 Å². The van der Waals surface area contributed by atoms with Crippen molar-refractivity contribution in [1.29, 1.82) is 0 Å². The molecule has 0 spiro atoms. The van der Waals surface area contributed by atoms with Crippen LogP contribution in [0.5, 0.6) is 0 Å². The van der Waals surface area contributed by atoms with Crippen molar-refractivity contribution >= 4 is 5.78 Å². The SMILES string of the molecule is Cc1cc(C(C)(C)C)ccc1C(=O)C1(N)CC1. The monoisotopic (exact) mass is 231 g/mol. The molecular weight excluding hydrogens is 210 g/mol. The van der Waals surface area contributed by atoms with Gasteiger partial charge in [-0.25, -0.2) is 0 Å². The van der Waals surface area contributed by atoms with Crippen LogP contribution in [-0.2, 0) is 5.41 Å². The Kier molecular flexibility index (Phi) is 2.66. The summed E-state index contributed by atoms with van der Waals surface area (Å²) in [6.45, 7) is 8.52. The largest absolute Gasteiger partial charge is 0.319 e. The van der Waals surface area contributed by atoms with Gasteiger partial charge in [-0.3, -0.25) is 4.79 Å². The molecule has 92 valence electrons. The number of hydrogen-bond donors (Lipinski definition) is 1. The van der Waals surface area contributed by atoms with Gasteiger partial charge in [0.15, 0.2) is 5.78 Å². The van der Waals surface area contributed by atoms with Crippen LogP contribution in [0.2, 0.25) is 0 Å². The summed E-state index contributed by atoms with van der Waals surface area (Å²) in [6, 6.07) is 6.09. The molecule has 1 aromatic carbocycles. The molecule has 0 saturated heterocycles. The highest BCUT2D eigenvalue weighted by molar-refractivity contribution is 6.06. The molecule has 0 aromatic heterocycles. The maximum absolute atomic E-state index is 12.2. The second kappa shape index (κ2) is 3.67. The molecule has 0 atom stereocenters. The maximum atomic E-state index is 12.2. The maximum Gasteiger partial charge on any atom is 0.182 e. The Morgan fingerprint density at radius 2 is 1.88 bits per heavy atom. The molecule has 0 unspecified atom stereocenters. The average Bonchev–Trinajstić information content (AvgIpc) is 2.95. The van der Waals surface area contributed by atoms with Crippen molar-refractivity contribution in [3.05, 3.63) is 34.9 Å². The summed E-state index contributed by atoms with van der Waals surface area (Å²) in [4.78, 5) is 12.2. The summed E-state index contributed by atoms with van der Waals surface area (Å²) in [7, 11) is 0. The zero-order chi connectivity index (χ0) is 12.8. The fraction of sp³-hybridized carbons (Fsp3) is 0.533. The van der Waals surface area contributed by atoms with E-state index in [4.69, 9.17) is 5.73 Å². The first-order chi connectivity index (χ1) is 7.74. The van der Waals surface area contributed by atoms with Gasteiger partial charge in [0.1, 0.15) is 0 Å². The number of Topliss-reactive ketones (excluding diaryl/α,β-unsaturated/α-hetero) is 1. The van der Waals surface area contributed by atoms with Crippen molar-refractivity contribution in [3.8, 4) is 0 Å². The number of aryl methyl sites for hydroxylation is 1. The Balaban J connectivity index is 2.36. The molecule has 0 bridgehead atoms. The molecule has 0 aliphatic heterocycles. The molecule has 2 rings (SSSR count). The van der Waals surface area contributed by atoms with Gasteiger partial charge >= 0.3 is 0 Å². The van der Waals surface area contributed by atoms with E-state index in [2.05, 4.69) is 26.8 Å². The van der Waals surface area contributed by atoms with E-state index in [0.29, 0.717) is 0 Å². The van der Waals surface area contributed by atoms with Crippen molar-refractivity contribution in [3.63, 3.8) is 0 Å². The average molecular weight is 231 g/mol. The molecule has 1 saturated carbocycles. The summed E-state index contributed by atoms with van der Waals surface area (Å²) in [5, 5.41) is 0. The molecule has 1 fully saturated rings. The van der Waals surface area contributed by atoms with Gasteiger partial charge in [0, 0.05) is 5.56 Å². The van der Waals surface area contributed by atoms with E-state index in [9.17, 15) is 4.79 Å². The Labute approximate surface area is 103 Å². The molecule has 2 nitrogen and oxygen atoms in total. The van der Waals surface area contributed by atoms with E-state index >= 15 is 0 Å². The highest BCUT2D eigenvalue weighted by Gasteiger charge is 2.46. The number of hydrogen-bond acceptors (Lipinski definition) is 2. The van der Waals surface area contributed by atoms with Crippen molar-refractivity contribution in [2.45, 2.75) is 51.5 Å². The van der Waals surface area contributed by atoms with Gasteiger partial charge in [-0.2, -0.15) is 0 Å². The quantitative estimate of drug-likeness (QED) is 0.795. The normalized spacial score (nSPS) is 17.9. The van der Waals surface area contributed by atoms with E-state index < -0.39 is 5.54 Å². The molecule has 1 aliphatic rings. The van der Waals surface area contributed by atoms with Gasteiger partial charge in [-0.15, -0.1) is 0 Å². The first-order valence-electron chi connectivity index (χ1n) is 6.19. The molecule has 2 N–H and O–H groups in total. The Morgan fingerprint density at radius 1 is 1.29 bits per heavy atom. The van der Waals surface area contributed by atoms with Crippen LogP contribution in [0.15, 0.2) is 18.2 Å². The highest BCUT2D eigenvalue weighted by Crippen LogP contribution is 2.36. The van der Waals surface area contributed by atoms with Crippen LogP contribution in [0.3, 0.4) is 0 Å². The molecule has 0 heterocycles. The van der Waals surface area contributed by atoms with Crippen molar-refractivity contribution < 1.29 is 4.79 Å². The zero-order valence-electron chi connectivity index (χ0n) is 11.1. The first kappa shape index (κ1) is 12.3. The van der Waals surface area contributed by atoms with Crippen molar-refractivity contribution in [2.24, 2.45) is 5.73 Å². The topological polar surface area (TPSA) is 43.1 Å². The predicted octanol–water partition coefficient (Wildman–Crippen LogP) is 2.97. The van der Waals surface area contributed by atoms with Crippen LogP contribution in [-0.4, -0.2) is 11.3 Å². The third-order valence-electron chi connectivity index (χ3n) is 3.58. The van der Waals surface area contributed by atoms with E-state index in [1.807, 2.05) is 19.1 Å². The van der Waals surface area contributed by atoms with Gasteiger partial charge in [-0.1, -0.05) is 39.0 Å². The molecule has 17 heavy (non-hydrogen) atoms.